The number of ether oxygens (including phenoxy) is 1. The summed E-state index contributed by atoms with van der Waals surface area (Å²) in [5.74, 6) is 1.26. The van der Waals surface area contributed by atoms with Crippen molar-refractivity contribution >= 4 is 60.5 Å². The van der Waals surface area contributed by atoms with Crippen molar-refractivity contribution in [2.24, 2.45) is 10.1 Å². The molecular formula is C25H20Br2N4O. The molecule has 160 valence electrons. The Bertz CT molecular complexity index is 1310. The van der Waals surface area contributed by atoms with Crippen molar-refractivity contribution in [1.82, 2.24) is 10.4 Å². The molecule has 0 saturated carbocycles. The first kappa shape index (κ1) is 22.2. The summed E-state index contributed by atoms with van der Waals surface area (Å²) in [5.41, 5.74) is 7.37. The number of amidine groups is 1. The summed E-state index contributed by atoms with van der Waals surface area (Å²) in [7, 11) is 1.64. The summed E-state index contributed by atoms with van der Waals surface area (Å²) < 4.78 is 7.15. The first-order valence-corrected chi connectivity index (χ1v) is 11.5. The number of pyridine rings is 1. The number of rotatable bonds is 5. The predicted molar refractivity (Wildman–Crippen MR) is 138 cm³/mol. The average molecular weight is 552 g/mol. The van der Waals surface area contributed by atoms with Crippen LogP contribution in [0.4, 0.5) is 5.69 Å². The lowest BCUT2D eigenvalue weighted by Crippen LogP contribution is -2.20. The molecule has 1 N–H and O–H groups in total. The molecule has 0 bridgehead atoms. The number of hydrazone groups is 1. The van der Waals surface area contributed by atoms with Gasteiger partial charge in [-0.25, -0.2) is 9.98 Å². The van der Waals surface area contributed by atoms with Crippen LogP contribution in [0.3, 0.4) is 0 Å². The molecule has 0 saturated heterocycles. The first-order chi connectivity index (χ1) is 15.5. The summed E-state index contributed by atoms with van der Waals surface area (Å²) >= 11 is 7.24. The van der Waals surface area contributed by atoms with Crippen molar-refractivity contribution in [3.63, 3.8) is 0 Å². The van der Waals surface area contributed by atoms with Crippen LogP contribution in [-0.2, 0) is 0 Å². The number of aryl methyl sites for hydroxylation is 1. The van der Waals surface area contributed by atoms with E-state index < -0.39 is 0 Å². The minimum Gasteiger partial charge on any atom is -0.496 e. The van der Waals surface area contributed by atoms with Gasteiger partial charge in [-0.3, -0.25) is 5.43 Å². The fourth-order valence-electron chi connectivity index (χ4n) is 3.18. The lowest BCUT2D eigenvalue weighted by Gasteiger charge is -2.10. The molecule has 0 unspecified atom stereocenters. The van der Waals surface area contributed by atoms with E-state index in [0.717, 1.165) is 42.4 Å². The van der Waals surface area contributed by atoms with Crippen LogP contribution in [0.2, 0.25) is 0 Å². The highest BCUT2D eigenvalue weighted by atomic mass is 79.9. The number of aliphatic imine (C=N–C) groups is 1. The van der Waals surface area contributed by atoms with Crippen molar-refractivity contribution in [3.8, 4) is 5.75 Å². The second-order valence-corrected chi connectivity index (χ2v) is 8.75. The van der Waals surface area contributed by atoms with Gasteiger partial charge in [-0.1, -0.05) is 36.4 Å². The fourth-order valence-corrected chi connectivity index (χ4v) is 4.78. The van der Waals surface area contributed by atoms with E-state index in [1.165, 1.54) is 0 Å². The van der Waals surface area contributed by atoms with Crippen LogP contribution in [0.25, 0.3) is 10.9 Å². The van der Waals surface area contributed by atoms with Crippen LogP contribution in [0.15, 0.2) is 91.8 Å². The lowest BCUT2D eigenvalue weighted by molar-refractivity contribution is 0.414. The highest BCUT2D eigenvalue weighted by molar-refractivity contribution is 9.11. The fraction of sp³-hybridized carbons (Fsp3) is 0.0800. The number of benzene rings is 3. The molecule has 3 aromatic carbocycles. The third-order valence-electron chi connectivity index (χ3n) is 4.74. The molecule has 0 atom stereocenters. The molecule has 7 heteroatoms. The van der Waals surface area contributed by atoms with E-state index in [0.29, 0.717) is 11.5 Å². The summed E-state index contributed by atoms with van der Waals surface area (Å²) in [6.07, 6.45) is 1.70. The maximum Gasteiger partial charge on any atom is 0.173 e. The number of aromatic nitrogens is 1. The van der Waals surface area contributed by atoms with Crippen molar-refractivity contribution < 1.29 is 4.74 Å². The molecule has 5 nitrogen and oxygen atoms in total. The van der Waals surface area contributed by atoms with Crippen LogP contribution in [0.5, 0.6) is 5.75 Å². The predicted octanol–water partition coefficient (Wildman–Crippen LogP) is 6.78. The lowest BCUT2D eigenvalue weighted by atomic mass is 10.2. The topological polar surface area (TPSA) is 58.9 Å². The number of methoxy groups -OCH3 is 1. The Balaban J connectivity index is 1.76. The summed E-state index contributed by atoms with van der Waals surface area (Å²) in [6, 6.07) is 23.7. The number of nitrogens with one attached hydrogen (secondary N) is 1. The monoisotopic (exact) mass is 550 g/mol. The molecule has 0 aliphatic rings. The van der Waals surface area contributed by atoms with Crippen LogP contribution < -0.4 is 10.2 Å². The van der Waals surface area contributed by atoms with Gasteiger partial charge in [0, 0.05) is 19.9 Å². The Labute approximate surface area is 203 Å². The smallest absolute Gasteiger partial charge is 0.173 e. The van der Waals surface area contributed by atoms with Gasteiger partial charge < -0.3 is 4.74 Å². The zero-order valence-corrected chi connectivity index (χ0v) is 20.7. The van der Waals surface area contributed by atoms with Gasteiger partial charge in [0.2, 0.25) is 0 Å². The Kier molecular flexibility index (Phi) is 6.97. The van der Waals surface area contributed by atoms with E-state index in [-0.39, 0.29) is 0 Å². The molecule has 0 aliphatic carbocycles. The largest absolute Gasteiger partial charge is 0.496 e. The molecule has 0 fully saturated rings. The molecule has 0 amide bonds. The van der Waals surface area contributed by atoms with Crippen LogP contribution in [0, 0.1) is 6.92 Å². The molecular weight excluding hydrogens is 532 g/mol. The van der Waals surface area contributed by atoms with Crippen molar-refractivity contribution in [1.29, 1.82) is 0 Å². The van der Waals surface area contributed by atoms with E-state index in [2.05, 4.69) is 42.4 Å². The average Bonchev–Trinajstić information content (AvgIpc) is 2.80. The van der Waals surface area contributed by atoms with Crippen molar-refractivity contribution in [2.75, 3.05) is 7.11 Å². The summed E-state index contributed by atoms with van der Waals surface area (Å²) in [6.45, 7) is 2.03. The number of hydrogen-bond acceptors (Lipinski definition) is 4. The van der Waals surface area contributed by atoms with E-state index >= 15 is 0 Å². The Morgan fingerprint density at radius 2 is 1.69 bits per heavy atom. The van der Waals surface area contributed by atoms with Gasteiger partial charge in [-0.15, -0.1) is 0 Å². The number of fused-ring (bicyclic) bond motifs is 1. The van der Waals surface area contributed by atoms with E-state index in [9.17, 15) is 0 Å². The molecule has 1 aromatic heterocycles. The van der Waals surface area contributed by atoms with Crippen molar-refractivity contribution in [3.05, 3.63) is 98.6 Å². The number of halogens is 2. The summed E-state index contributed by atoms with van der Waals surface area (Å²) in [5, 5.41) is 5.48. The Hall–Kier alpha value is -3.03. The highest BCUT2D eigenvalue weighted by Crippen LogP contribution is 2.35. The standard InChI is InChI=1S/C25H20Br2N4O/c1-16-13-19(26)24(20(27)14-16)30-25(22-12-11-17-7-3-5-9-21(17)29-22)31-28-15-18-8-4-6-10-23(18)32-2/h3-15H,1-2H3,(H,30,31)/b28-15+. The van der Waals surface area contributed by atoms with E-state index in [4.69, 9.17) is 14.7 Å². The van der Waals surface area contributed by atoms with Crippen LogP contribution in [-0.4, -0.2) is 24.1 Å². The maximum absolute atomic E-state index is 5.40. The van der Waals surface area contributed by atoms with Gasteiger partial charge in [0.05, 0.1) is 24.5 Å². The molecule has 1 heterocycles. The first-order valence-electron chi connectivity index (χ1n) is 9.88. The Morgan fingerprint density at radius 1 is 0.969 bits per heavy atom. The molecule has 0 spiro atoms. The normalized spacial score (nSPS) is 11.8. The molecule has 0 aliphatic heterocycles. The third kappa shape index (κ3) is 5.06. The van der Waals surface area contributed by atoms with Gasteiger partial charge >= 0.3 is 0 Å². The minimum atomic E-state index is 0.521. The molecule has 0 radical (unpaired) electrons. The molecule has 32 heavy (non-hydrogen) atoms. The number of para-hydroxylation sites is 2. The minimum absolute atomic E-state index is 0.521. The highest BCUT2D eigenvalue weighted by Gasteiger charge is 2.11. The zero-order chi connectivity index (χ0) is 22.5. The van der Waals surface area contributed by atoms with Gasteiger partial charge in [-0.05, 0) is 80.7 Å². The quantitative estimate of drug-likeness (QED) is 0.169. The van der Waals surface area contributed by atoms with Crippen LogP contribution in [0.1, 0.15) is 16.8 Å². The maximum atomic E-state index is 5.40. The van der Waals surface area contributed by atoms with Crippen LogP contribution >= 0.6 is 31.9 Å². The second-order valence-electron chi connectivity index (χ2n) is 7.04. The van der Waals surface area contributed by atoms with Gasteiger partial charge in [0.25, 0.3) is 0 Å². The molecule has 4 aromatic rings. The molecule has 4 rings (SSSR count). The van der Waals surface area contributed by atoms with E-state index in [1.54, 1.807) is 13.3 Å². The Morgan fingerprint density at radius 3 is 2.47 bits per heavy atom. The van der Waals surface area contributed by atoms with Crippen molar-refractivity contribution in [2.45, 2.75) is 6.92 Å². The summed E-state index contributed by atoms with van der Waals surface area (Å²) in [4.78, 5) is 9.64. The zero-order valence-electron chi connectivity index (χ0n) is 17.5. The van der Waals surface area contributed by atoms with E-state index in [1.807, 2.05) is 79.7 Å². The third-order valence-corrected chi connectivity index (χ3v) is 5.95. The van der Waals surface area contributed by atoms with Gasteiger partial charge in [0.1, 0.15) is 11.4 Å². The number of hydrogen-bond donors (Lipinski definition) is 1. The second kappa shape index (κ2) is 10.1. The van der Waals surface area contributed by atoms with Gasteiger partial charge in [0.15, 0.2) is 5.84 Å². The van der Waals surface area contributed by atoms with Gasteiger partial charge in [-0.2, -0.15) is 5.10 Å². The number of nitrogens with zero attached hydrogens (tertiary/aromatic N) is 3. The SMILES string of the molecule is COc1ccccc1/C=N/NC(=Nc1c(Br)cc(C)cc1Br)c1ccc2ccccc2n1.